The molecule has 0 bridgehead atoms. The minimum atomic E-state index is -0.705. The van der Waals surface area contributed by atoms with Crippen LogP contribution in [0.4, 0.5) is 0 Å². The van der Waals surface area contributed by atoms with E-state index in [4.69, 9.17) is 16.3 Å². The van der Waals surface area contributed by atoms with Gasteiger partial charge in [-0.25, -0.2) is 0 Å². The van der Waals surface area contributed by atoms with Crippen molar-refractivity contribution in [2.24, 2.45) is 0 Å². The number of carbonyl (C=O) groups excluding carboxylic acids is 2. The summed E-state index contributed by atoms with van der Waals surface area (Å²) < 4.78 is 5.18. The Hall–Kier alpha value is -2.83. The van der Waals surface area contributed by atoms with E-state index >= 15 is 0 Å². The Kier molecular flexibility index (Phi) is 7.20. The quantitative estimate of drug-likeness (QED) is 0.378. The Morgan fingerprint density at radius 3 is 2.27 bits per heavy atom. The van der Waals surface area contributed by atoms with Crippen LogP contribution in [0.5, 0.6) is 5.75 Å². The number of likely N-dealkylation sites (N-methyl/N-ethyl adjacent to an activating group) is 1. The summed E-state index contributed by atoms with van der Waals surface area (Å²) in [5, 5.41) is 11.5. The molecule has 1 fully saturated rings. The van der Waals surface area contributed by atoms with Gasteiger partial charge >= 0.3 is 0 Å². The minimum Gasteiger partial charge on any atom is -0.507 e. The van der Waals surface area contributed by atoms with Gasteiger partial charge in [-0.3, -0.25) is 9.59 Å². The average molecular weight is 471 g/mol. The summed E-state index contributed by atoms with van der Waals surface area (Å²) in [5.41, 5.74) is 2.28. The molecule has 1 heterocycles. The van der Waals surface area contributed by atoms with E-state index in [-0.39, 0.29) is 16.7 Å². The minimum absolute atomic E-state index is 0.0366. The van der Waals surface area contributed by atoms with Gasteiger partial charge in [0.2, 0.25) is 0 Å². The lowest BCUT2D eigenvalue weighted by Gasteiger charge is -2.27. The van der Waals surface area contributed by atoms with Crippen LogP contribution in [0.25, 0.3) is 5.76 Å². The highest BCUT2D eigenvalue weighted by atomic mass is 35.5. The van der Waals surface area contributed by atoms with Gasteiger partial charge in [0.05, 0.1) is 23.7 Å². The van der Waals surface area contributed by atoms with Gasteiger partial charge in [0.15, 0.2) is 0 Å². The van der Waals surface area contributed by atoms with Crippen molar-refractivity contribution in [2.75, 3.05) is 34.3 Å². The summed E-state index contributed by atoms with van der Waals surface area (Å²) in [4.78, 5) is 29.6. The molecule has 0 saturated carbocycles. The molecule has 1 aliphatic rings. The van der Waals surface area contributed by atoms with Crippen LogP contribution >= 0.6 is 11.6 Å². The molecule has 0 aromatic heterocycles. The Balaban J connectivity index is 2.15. The van der Waals surface area contributed by atoms with Crippen molar-refractivity contribution in [1.29, 1.82) is 0 Å². The first-order valence-corrected chi connectivity index (χ1v) is 11.2. The number of hydrogen-bond acceptors (Lipinski definition) is 5. The van der Waals surface area contributed by atoms with E-state index in [9.17, 15) is 14.7 Å². The fourth-order valence-electron chi connectivity index (χ4n) is 3.90. The molecular formula is C26H31ClN2O4. The molecule has 2 aromatic carbocycles. The third kappa shape index (κ3) is 5.07. The van der Waals surface area contributed by atoms with Crippen LogP contribution in [0.2, 0.25) is 5.02 Å². The van der Waals surface area contributed by atoms with Gasteiger partial charge in [-0.2, -0.15) is 0 Å². The number of rotatable bonds is 6. The Morgan fingerprint density at radius 1 is 1.12 bits per heavy atom. The fourth-order valence-corrected chi connectivity index (χ4v) is 4.16. The van der Waals surface area contributed by atoms with Crippen LogP contribution in [0.1, 0.15) is 43.5 Å². The van der Waals surface area contributed by atoms with Gasteiger partial charge in [0.1, 0.15) is 11.5 Å². The zero-order valence-corrected chi connectivity index (χ0v) is 20.7. The van der Waals surface area contributed by atoms with Gasteiger partial charge in [-0.15, -0.1) is 0 Å². The second-order valence-electron chi connectivity index (χ2n) is 9.52. The first-order chi connectivity index (χ1) is 15.5. The number of aliphatic hydroxyl groups is 1. The van der Waals surface area contributed by atoms with Crippen LogP contribution < -0.4 is 4.74 Å². The Bertz CT molecular complexity index is 1080. The van der Waals surface area contributed by atoms with Crippen molar-refractivity contribution in [3.05, 3.63) is 69.8 Å². The number of nitrogens with zero attached hydrogens (tertiary/aromatic N) is 2. The third-order valence-electron chi connectivity index (χ3n) is 5.85. The van der Waals surface area contributed by atoms with Gasteiger partial charge in [0.25, 0.3) is 11.7 Å². The van der Waals surface area contributed by atoms with Crippen LogP contribution in [0, 0.1) is 0 Å². The lowest BCUT2D eigenvalue weighted by atomic mass is 9.85. The molecular weight excluding hydrogens is 440 g/mol. The highest BCUT2D eigenvalue weighted by Crippen LogP contribution is 2.40. The summed E-state index contributed by atoms with van der Waals surface area (Å²) >= 11 is 6.25. The molecule has 1 N–H and O–H groups in total. The molecule has 7 heteroatoms. The Labute approximate surface area is 200 Å². The first kappa shape index (κ1) is 24.8. The zero-order valence-electron chi connectivity index (χ0n) is 20.0. The number of hydrogen-bond donors (Lipinski definition) is 1. The number of amides is 1. The van der Waals surface area contributed by atoms with Crippen LogP contribution in [-0.4, -0.2) is 60.9 Å². The summed E-state index contributed by atoms with van der Waals surface area (Å²) in [6.07, 6.45) is 0. The average Bonchev–Trinajstić information content (AvgIpc) is 3.01. The van der Waals surface area contributed by atoms with Crippen LogP contribution in [0.3, 0.4) is 0 Å². The van der Waals surface area contributed by atoms with Gasteiger partial charge < -0.3 is 19.6 Å². The maximum Gasteiger partial charge on any atom is 0.295 e. The molecule has 0 aliphatic carbocycles. The molecule has 1 amide bonds. The highest BCUT2D eigenvalue weighted by molar-refractivity contribution is 6.46. The number of halogens is 1. The van der Waals surface area contributed by atoms with E-state index in [0.29, 0.717) is 29.4 Å². The number of ketones is 1. The second kappa shape index (κ2) is 9.57. The standard InChI is InChI=1S/C26H31ClN2O4/c1-26(2,3)18-10-7-16(8-11-18)22-21(24(31)25(32)29(22)14-13-28(4)5)23(30)17-9-12-20(33-6)19(27)15-17/h7-12,15,22,30H,13-14H2,1-6H3/t22-/m1/s1. The van der Waals surface area contributed by atoms with E-state index in [1.807, 2.05) is 43.3 Å². The number of aliphatic hydroxyl groups excluding tert-OH is 1. The van der Waals surface area contributed by atoms with E-state index in [1.165, 1.54) is 18.1 Å². The van der Waals surface area contributed by atoms with Gasteiger partial charge in [-0.05, 0) is 48.8 Å². The molecule has 1 aliphatic heterocycles. The molecule has 33 heavy (non-hydrogen) atoms. The SMILES string of the molecule is COc1ccc(C(O)=C2C(=O)C(=O)N(CCN(C)C)[C@@H]2c2ccc(C(C)(C)C)cc2)cc1Cl. The van der Waals surface area contributed by atoms with E-state index in [2.05, 4.69) is 20.8 Å². The van der Waals surface area contributed by atoms with E-state index in [1.54, 1.807) is 12.1 Å². The summed E-state index contributed by atoms with van der Waals surface area (Å²) in [5.74, 6) is -1.13. The lowest BCUT2D eigenvalue weighted by Crippen LogP contribution is -2.35. The fraction of sp³-hybridized carbons (Fsp3) is 0.385. The summed E-state index contributed by atoms with van der Waals surface area (Å²) in [7, 11) is 5.31. The predicted molar refractivity (Wildman–Crippen MR) is 131 cm³/mol. The molecule has 0 spiro atoms. The Morgan fingerprint density at radius 2 is 1.76 bits per heavy atom. The van der Waals surface area contributed by atoms with Gasteiger partial charge in [0, 0.05) is 18.7 Å². The molecule has 0 radical (unpaired) electrons. The number of ether oxygens (including phenoxy) is 1. The molecule has 3 rings (SSSR count). The normalized spacial score (nSPS) is 18.3. The summed E-state index contributed by atoms with van der Waals surface area (Å²) in [6, 6.07) is 11.9. The van der Waals surface area contributed by atoms with Gasteiger partial charge in [-0.1, -0.05) is 56.6 Å². The van der Waals surface area contributed by atoms with Crippen molar-refractivity contribution in [3.63, 3.8) is 0 Å². The number of carbonyl (C=O) groups is 2. The highest BCUT2D eigenvalue weighted by Gasteiger charge is 2.46. The first-order valence-electron chi connectivity index (χ1n) is 10.8. The number of methoxy groups -OCH3 is 1. The maximum atomic E-state index is 13.1. The molecule has 2 aromatic rings. The molecule has 6 nitrogen and oxygen atoms in total. The van der Waals surface area contributed by atoms with Crippen molar-refractivity contribution >= 4 is 29.1 Å². The van der Waals surface area contributed by atoms with Crippen LogP contribution in [-0.2, 0) is 15.0 Å². The van der Waals surface area contributed by atoms with E-state index < -0.39 is 17.7 Å². The molecule has 176 valence electrons. The monoisotopic (exact) mass is 470 g/mol. The second-order valence-corrected chi connectivity index (χ2v) is 9.92. The topological polar surface area (TPSA) is 70.1 Å². The van der Waals surface area contributed by atoms with Crippen LogP contribution in [0.15, 0.2) is 48.0 Å². The predicted octanol–water partition coefficient (Wildman–Crippen LogP) is 4.63. The third-order valence-corrected chi connectivity index (χ3v) is 6.14. The maximum absolute atomic E-state index is 13.1. The smallest absolute Gasteiger partial charge is 0.295 e. The summed E-state index contributed by atoms with van der Waals surface area (Å²) in [6.45, 7) is 7.30. The molecule has 0 unspecified atom stereocenters. The van der Waals surface area contributed by atoms with Crippen molar-refractivity contribution < 1.29 is 19.4 Å². The largest absolute Gasteiger partial charge is 0.507 e. The van der Waals surface area contributed by atoms with Crippen molar-refractivity contribution in [2.45, 2.75) is 32.2 Å². The zero-order chi connectivity index (χ0) is 24.5. The lowest BCUT2D eigenvalue weighted by molar-refractivity contribution is -0.140. The molecule has 1 saturated heterocycles. The van der Waals surface area contributed by atoms with E-state index in [0.717, 1.165) is 11.1 Å². The number of Topliss-reactive ketones (excluding diaryl/α,β-unsaturated/α-hetero) is 1. The number of likely N-dealkylation sites (tertiary alicyclic amines) is 1. The molecule has 1 atom stereocenters. The van der Waals surface area contributed by atoms with Crippen molar-refractivity contribution in [1.82, 2.24) is 9.80 Å². The van der Waals surface area contributed by atoms with Crippen molar-refractivity contribution in [3.8, 4) is 5.75 Å². The number of benzene rings is 2.